The Morgan fingerprint density at radius 1 is 0.457 bits per heavy atom. The zero-order chi connectivity index (χ0) is 58.3. The second-order valence-corrected chi connectivity index (χ2v) is 32.6. The van der Waals surface area contributed by atoms with Gasteiger partial charge in [-0.3, -0.25) is 19.1 Å². The monoisotopic (exact) mass is 1240 g/mol. The van der Waals surface area contributed by atoms with E-state index in [1.807, 2.05) is 19.1 Å². The highest BCUT2D eigenvalue weighted by Gasteiger charge is 2.76. The molecule has 94 heavy (non-hydrogen) atoms. The number of likely N-dealkylation sites (N-methyl/N-ethyl adjacent to an activating group) is 1. The Balaban J connectivity index is 0.698. The van der Waals surface area contributed by atoms with Gasteiger partial charge in [0.15, 0.2) is 0 Å². The van der Waals surface area contributed by atoms with Crippen LogP contribution >= 0.6 is 15.9 Å². The smallest absolute Gasteiger partial charge is 0.271 e. The molecule has 8 heteroatoms. The summed E-state index contributed by atoms with van der Waals surface area (Å²) in [6.45, 7) is 2.77. The average molecular weight is 1240 g/mol. The molecule has 2 heterocycles. The minimum absolute atomic E-state index is 0.00354. The van der Waals surface area contributed by atoms with Crippen LogP contribution in [0.4, 0.5) is 0 Å². The molecule has 1 amide bonds. The van der Waals surface area contributed by atoms with Crippen molar-refractivity contribution in [2.75, 3.05) is 13.6 Å². The van der Waals surface area contributed by atoms with Crippen LogP contribution in [0.15, 0.2) is 81.1 Å². The first-order valence-electron chi connectivity index (χ1n) is 33.6. The van der Waals surface area contributed by atoms with E-state index >= 15 is 0 Å². The Labute approximate surface area is 525 Å². The number of carbonyl (C=O) groups excluding carboxylic acids is 1. The van der Waals surface area contributed by atoms with Crippen molar-refractivity contribution in [2.45, 2.75) is 23.8 Å². The van der Waals surface area contributed by atoms with Gasteiger partial charge in [-0.2, -0.15) is 5.10 Å². The van der Waals surface area contributed by atoms with E-state index < -0.39 is 5.41 Å². The van der Waals surface area contributed by atoms with E-state index in [-0.39, 0.29) is 22.9 Å². The maximum Gasteiger partial charge on any atom is 0.271 e. The molecule has 1 fully saturated rings. The molecule has 1 aromatic heterocycles. The predicted molar refractivity (Wildman–Crippen MR) is 391 cm³/mol. The van der Waals surface area contributed by atoms with E-state index in [4.69, 9.17) is 4.98 Å². The number of hydrazone groups is 1. The second kappa shape index (κ2) is 10.1. The van der Waals surface area contributed by atoms with Gasteiger partial charge in [-0.05, 0) is 381 Å². The molecule has 0 saturated carbocycles. The number of rotatable bonds is 5. The van der Waals surface area contributed by atoms with Gasteiger partial charge >= 0.3 is 0 Å². The lowest BCUT2D eigenvalue weighted by atomic mass is 9.47. The summed E-state index contributed by atoms with van der Waals surface area (Å²) in [5.74, 6) is 0.251. The molecule has 1 N–H and O–H groups in total. The lowest BCUT2D eigenvalue weighted by molar-refractivity contribution is 0.0955. The number of likely N-dealkylation sites (tertiary alicyclic amines) is 1. The fourth-order valence-electron chi connectivity index (χ4n) is 28.9. The number of nitrogens with one attached hydrogen (secondary N) is 1. The van der Waals surface area contributed by atoms with Crippen LogP contribution in [0.1, 0.15) is 55.6 Å². The largest absolute Gasteiger partial charge is 0.297 e. The van der Waals surface area contributed by atoms with Crippen LogP contribution in [0.25, 0.3) is 307 Å². The van der Waals surface area contributed by atoms with E-state index in [0.29, 0.717) is 28.0 Å². The quantitative estimate of drug-likeness (QED) is 0.106. The van der Waals surface area contributed by atoms with Gasteiger partial charge in [0.05, 0.1) is 33.6 Å². The third kappa shape index (κ3) is 2.62. The minimum atomic E-state index is -0.458. The van der Waals surface area contributed by atoms with Gasteiger partial charge in [0, 0.05) is 22.6 Å². The summed E-state index contributed by atoms with van der Waals surface area (Å²) in [4.78, 5) is 35.3. The van der Waals surface area contributed by atoms with Crippen molar-refractivity contribution in [3.05, 3.63) is 126 Å². The molecular weight excluding hydrogens is 1210 g/mol. The molecule has 0 bridgehead atoms. The third-order valence-corrected chi connectivity index (χ3v) is 30.4. The van der Waals surface area contributed by atoms with Gasteiger partial charge in [-0.15, -0.1) is 0 Å². The Morgan fingerprint density at radius 3 is 1.14 bits per heavy atom. The number of hydrogen-bond donors (Lipinski definition) is 1. The number of aryl methyl sites for hydroxylation is 1. The van der Waals surface area contributed by atoms with Gasteiger partial charge in [-0.1, -0.05) is 40.2 Å². The summed E-state index contributed by atoms with van der Waals surface area (Å²) in [5, 5.41) is 92.7. The van der Waals surface area contributed by atoms with Gasteiger partial charge in [0.25, 0.3) is 11.5 Å². The Kier molecular flexibility index (Phi) is 4.30. The number of carbonyl (C=O) groups is 1. The van der Waals surface area contributed by atoms with Gasteiger partial charge < -0.3 is 0 Å². The fourth-order valence-corrected chi connectivity index (χ4v) is 29.2. The number of hydrogen-bond acceptors (Lipinski definition) is 5. The van der Waals surface area contributed by atoms with E-state index in [2.05, 4.69) is 62.7 Å². The SMILES string of the molecule is Cc1nc2ccc(Br)cc2c(=O)n1-c1ccc(C(=O)N/N=C/c2ccc(C3N(C)CC45c6c7c8c9c%10c%11c(c%12c%13c4c4c6c6c%14c7c7c8c8c%10c%10c%15c%11c%11c%12c%12c%13c%13c4c4c6c6c%14c%14c7c7c8c%10c8c%10c%15c%11c%11c%12c%12c%13c4c4c6c6c%14c7c8c7c%10c%11c%12c4c67)C935)cc2)cc1. The lowest BCUT2D eigenvalue weighted by Crippen LogP contribution is -2.51. The first-order valence-corrected chi connectivity index (χ1v) is 34.4. The first kappa shape index (κ1) is 40.0. The predicted octanol–water partition coefficient (Wildman–Crippen LogP) is 20.5. The number of amides is 1. The molecule has 1 atom stereocenters. The average Bonchev–Trinajstić information content (AvgIpc) is 1.38. The molecule has 0 radical (unpaired) electrons. The molecule has 7 nitrogen and oxygen atoms in total. The molecule has 1 aliphatic heterocycles. The maximum atomic E-state index is 13.9. The standard InChI is InChI=1S/C86H22BrN5O2/c1-16-89-23-12-9-20(87)13-22(23)84(94)92(16)21-10-7-19(8-11-21)83(93)90-88-14-17-3-5-18(6-4-17)82-86-80-74-68-58-46-38-30-26-24-25-28-32(30)40(46)50-44-36(28)37-29(25)33-31-27(24)35-34(26)42-48(38)56-62-52(42)53-43(35)49-39(31)47-41(33)51-45(37)55-54(44)66(60(50)68)76(80)77-67(55)61(51)69-59(47)65-57(49)63(53)71-70(62)78(72(74)64(56)58)85(86,15-91(82)2)79(71)73(65)75(69)81(77)86/h3-14,82H,15H2,1-2H3,(H,90,93)/b88-14+. The van der Waals surface area contributed by atoms with E-state index in [1.165, 1.54) is 5.56 Å². The summed E-state index contributed by atoms with van der Waals surface area (Å²) in [6, 6.07) is 22.1. The van der Waals surface area contributed by atoms with Crippen molar-refractivity contribution >= 4 is 330 Å². The van der Waals surface area contributed by atoms with E-state index in [1.54, 1.807) is 354 Å². The van der Waals surface area contributed by atoms with Crippen LogP contribution in [0.2, 0.25) is 0 Å². The van der Waals surface area contributed by atoms with Gasteiger partial charge in [0.1, 0.15) is 5.82 Å². The Bertz CT molecular complexity index is 8960. The molecule has 1 unspecified atom stereocenters. The van der Waals surface area contributed by atoms with Crippen molar-refractivity contribution in [3.8, 4) is 5.69 Å². The molecule has 37 rings (SSSR count). The minimum Gasteiger partial charge on any atom is -0.297 e. The lowest BCUT2D eigenvalue weighted by Gasteiger charge is -2.52. The van der Waals surface area contributed by atoms with E-state index in [9.17, 15) is 9.59 Å². The zero-order valence-electron chi connectivity index (χ0n) is 48.7. The molecule has 5 aliphatic rings. The molecule has 31 aromatic carbocycles. The number of nitrogens with zero attached hydrogens (tertiary/aromatic N) is 4. The summed E-state index contributed by atoms with van der Waals surface area (Å²) in [6.07, 6.45) is 1.80. The number of benzene rings is 21. The van der Waals surface area contributed by atoms with Crippen molar-refractivity contribution in [2.24, 2.45) is 5.10 Å². The van der Waals surface area contributed by atoms with Crippen molar-refractivity contribution in [3.63, 3.8) is 0 Å². The van der Waals surface area contributed by atoms with Crippen LogP contribution in [0, 0.1) is 6.92 Å². The number of fused-ring (bicyclic) bond motifs is 1. The summed E-state index contributed by atoms with van der Waals surface area (Å²) in [5.41, 5.74) is 12.6. The van der Waals surface area contributed by atoms with Crippen molar-refractivity contribution < 1.29 is 4.79 Å². The summed E-state index contributed by atoms with van der Waals surface area (Å²) in [7, 11) is 2.52. The normalized spacial score (nSPS) is 20.9. The Hall–Kier alpha value is -11.2. The highest BCUT2D eigenvalue weighted by atomic mass is 79.9. The van der Waals surface area contributed by atoms with Crippen LogP contribution in [-0.4, -0.2) is 40.2 Å². The van der Waals surface area contributed by atoms with Crippen molar-refractivity contribution in [1.29, 1.82) is 0 Å². The van der Waals surface area contributed by atoms with Gasteiger partial charge in [-0.25, -0.2) is 10.4 Å². The van der Waals surface area contributed by atoms with Gasteiger partial charge in [0.2, 0.25) is 0 Å². The van der Waals surface area contributed by atoms with Crippen LogP contribution in [0.3, 0.4) is 0 Å². The molecule has 1 saturated heterocycles. The van der Waals surface area contributed by atoms with Crippen molar-refractivity contribution in [1.82, 2.24) is 19.9 Å². The highest BCUT2D eigenvalue weighted by Crippen LogP contribution is 2.87. The van der Waals surface area contributed by atoms with E-state index in [0.717, 1.165) is 16.6 Å². The number of halogens is 1. The zero-order valence-corrected chi connectivity index (χ0v) is 50.3. The highest BCUT2D eigenvalue weighted by molar-refractivity contribution is 9.10. The first-order chi connectivity index (χ1) is 46.4. The summed E-state index contributed by atoms with van der Waals surface area (Å²) < 4.78 is 2.41. The summed E-state index contributed by atoms with van der Waals surface area (Å²) >= 11 is 3.52. The Morgan fingerprint density at radius 2 is 0.787 bits per heavy atom. The van der Waals surface area contributed by atoms with Crippen LogP contribution < -0.4 is 11.0 Å². The van der Waals surface area contributed by atoms with Crippen LogP contribution in [-0.2, 0) is 10.8 Å². The molecule has 32 aromatic rings. The molecule has 2 spiro atoms. The molecular formula is C86H22BrN5O2. The van der Waals surface area contributed by atoms with Crippen LogP contribution in [0.5, 0.6) is 0 Å². The third-order valence-electron chi connectivity index (χ3n) is 29.9. The fraction of sp³-hybridized carbons (Fsp3) is 0.0698. The molecule has 4 aliphatic carbocycles. The number of aromatic nitrogens is 2. The molecule has 410 valence electrons. The second-order valence-electron chi connectivity index (χ2n) is 31.7. The topological polar surface area (TPSA) is 79.6 Å². The maximum absolute atomic E-state index is 13.9.